The van der Waals surface area contributed by atoms with Gasteiger partial charge in [-0.1, -0.05) is 0 Å². The number of methoxy groups -OCH3 is 1. The summed E-state index contributed by atoms with van der Waals surface area (Å²) in [7, 11) is 1.27. The molecule has 0 aromatic rings. The van der Waals surface area contributed by atoms with Crippen molar-refractivity contribution in [2.75, 3.05) is 26.1 Å². The smallest absolute Gasteiger partial charge is 0.217 e. The minimum atomic E-state index is -1.92. The molecule has 21 nitrogen and oxygen atoms in total. The standard InChI is InChI=1S/C29H50N2O19S/c1-8-15(35)18(38)21(41)26(44-8)48-23-12(6-33)47-29(51-7-13(30)43-4)14(31-10(3)34)24(23)49-28-25(20(40)17(37)11(5-32)46-28)50-27-22(42)19(39)16(36)9(2)45-27/h8-9,11-12,14-30,32-33,35-42H,5-7H2,1-4H3,(H,31,34)/t8?,9-,11-,12-,14?,15+,16+,17-,18?,19?,20?,21-,22?,23+,24?,25?,26-,27-,28-,29-/m0/s1. The fourth-order valence-corrected chi connectivity index (χ4v) is 7.24. The third kappa shape index (κ3) is 9.47. The molecule has 0 bridgehead atoms. The lowest BCUT2D eigenvalue weighted by molar-refractivity contribution is -0.383. The molecule has 0 aromatic carbocycles. The van der Waals surface area contributed by atoms with Gasteiger partial charge in [0.15, 0.2) is 24.8 Å². The van der Waals surface area contributed by atoms with E-state index in [0.717, 1.165) is 11.8 Å². The summed E-state index contributed by atoms with van der Waals surface area (Å²) < 4.78 is 46.2. The van der Waals surface area contributed by atoms with Crippen molar-refractivity contribution < 1.29 is 93.8 Å². The maximum absolute atomic E-state index is 12.6. The lowest BCUT2D eigenvalue weighted by Gasteiger charge is -2.51. The lowest BCUT2D eigenvalue weighted by Crippen LogP contribution is -2.69. The van der Waals surface area contributed by atoms with Crippen LogP contribution in [0, 0.1) is 5.41 Å². The fourth-order valence-electron chi connectivity index (χ4n) is 6.15. The van der Waals surface area contributed by atoms with Gasteiger partial charge in [-0.2, -0.15) is 0 Å². The van der Waals surface area contributed by atoms with Gasteiger partial charge in [0.1, 0.15) is 84.8 Å². The molecule has 0 spiro atoms. The van der Waals surface area contributed by atoms with Crippen LogP contribution in [0.25, 0.3) is 0 Å². The molecule has 22 heteroatoms. The molecule has 0 saturated carbocycles. The molecule has 296 valence electrons. The molecule has 0 aliphatic carbocycles. The van der Waals surface area contributed by atoms with Crippen molar-refractivity contribution in [3.05, 3.63) is 0 Å². The highest BCUT2D eigenvalue weighted by atomic mass is 32.2. The summed E-state index contributed by atoms with van der Waals surface area (Å²) >= 11 is 0.958. The summed E-state index contributed by atoms with van der Waals surface area (Å²) in [5.41, 5.74) is -1.12. The number of amides is 1. The zero-order chi connectivity index (χ0) is 37.9. The second kappa shape index (κ2) is 18.3. The van der Waals surface area contributed by atoms with Gasteiger partial charge in [-0.3, -0.25) is 10.2 Å². The van der Waals surface area contributed by atoms with Crippen LogP contribution in [0.15, 0.2) is 0 Å². The molecular formula is C29H50N2O19S. The van der Waals surface area contributed by atoms with Crippen LogP contribution in [0.4, 0.5) is 0 Å². The van der Waals surface area contributed by atoms with Crippen LogP contribution in [0.2, 0.25) is 0 Å². The van der Waals surface area contributed by atoms with Gasteiger partial charge in [-0.15, -0.1) is 11.8 Å². The number of aliphatic hydroxyl groups is 10. The van der Waals surface area contributed by atoms with Gasteiger partial charge in [0.25, 0.3) is 0 Å². The third-order valence-electron chi connectivity index (χ3n) is 9.14. The molecule has 8 unspecified atom stereocenters. The second-order valence-corrected chi connectivity index (χ2v) is 13.8. The topological polar surface area (TPSA) is 329 Å². The summed E-state index contributed by atoms with van der Waals surface area (Å²) in [6.07, 6.45) is -29.0. The zero-order valence-corrected chi connectivity index (χ0v) is 29.0. The fraction of sp³-hybridized carbons (Fsp3) is 0.931. The second-order valence-electron chi connectivity index (χ2n) is 12.8. The van der Waals surface area contributed by atoms with Crippen LogP contribution < -0.4 is 5.32 Å². The number of hydrogen-bond donors (Lipinski definition) is 12. The average molecular weight is 763 g/mol. The summed E-state index contributed by atoms with van der Waals surface area (Å²) in [4.78, 5) is 12.6. The molecule has 20 atom stereocenters. The Morgan fingerprint density at radius 3 is 1.67 bits per heavy atom. The number of hydrogen-bond acceptors (Lipinski definition) is 21. The summed E-state index contributed by atoms with van der Waals surface area (Å²) in [6.45, 7) is 2.35. The Hall–Kier alpha value is -1.39. The van der Waals surface area contributed by atoms with Gasteiger partial charge in [0.2, 0.25) is 5.91 Å². The maximum atomic E-state index is 12.6. The highest BCUT2D eigenvalue weighted by Gasteiger charge is 2.56. The zero-order valence-electron chi connectivity index (χ0n) is 28.2. The summed E-state index contributed by atoms with van der Waals surface area (Å²) in [5.74, 6) is -0.888. The highest BCUT2D eigenvalue weighted by Crippen LogP contribution is 2.37. The SMILES string of the molecule is COC(=N)CS[C@@H]1O[C@@H](CO)[C@@H](O[C@@H]2OC(C)[C@@H](O)C(O)[C@@H]2O)C(O[C@@H]2O[C@@H](CO)[C@H](O)C(O)C2O[C@@H]2O[C@@H](C)[C@@H](O)C(O)C2O)C1NC(C)=O. The minimum absolute atomic E-state index is 0.0912. The normalized spacial score (nSPS) is 47.8. The van der Waals surface area contributed by atoms with E-state index in [2.05, 4.69) is 5.32 Å². The molecule has 4 aliphatic heterocycles. The first-order valence-corrected chi connectivity index (χ1v) is 17.3. The van der Waals surface area contributed by atoms with Crippen molar-refractivity contribution in [3.8, 4) is 0 Å². The molecule has 51 heavy (non-hydrogen) atoms. The van der Waals surface area contributed by atoms with Gasteiger partial charge in [-0.05, 0) is 13.8 Å². The molecule has 4 heterocycles. The molecule has 0 radical (unpaired) electrons. The van der Waals surface area contributed by atoms with Gasteiger partial charge in [0.05, 0.1) is 44.3 Å². The van der Waals surface area contributed by atoms with E-state index in [4.69, 9.17) is 43.3 Å². The lowest BCUT2D eigenvalue weighted by atomic mass is 9.95. The van der Waals surface area contributed by atoms with E-state index in [9.17, 15) is 55.9 Å². The third-order valence-corrected chi connectivity index (χ3v) is 10.3. The average Bonchev–Trinajstić information content (AvgIpc) is 3.10. The number of carbonyl (C=O) groups excluding carboxylic acids is 1. The molecule has 4 saturated heterocycles. The Labute approximate surface area is 296 Å². The summed E-state index contributed by atoms with van der Waals surface area (Å²) in [6, 6.07) is -1.27. The maximum Gasteiger partial charge on any atom is 0.217 e. The Bertz CT molecular complexity index is 1150. The molecule has 4 rings (SSSR count). The molecule has 1 amide bonds. The number of rotatable bonds is 12. The Morgan fingerprint density at radius 1 is 0.667 bits per heavy atom. The highest BCUT2D eigenvalue weighted by molar-refractivity contribution is 8.00. The first-order chi connectivity index (χ1) is 24.0. The van der Waals surface area contributed by atoms with Crippen LogP contribution in [0.5, 0.6) is 0 Å². The quantitative estimate of drug-likeness (QED) is 0.0650. The van der Waals surface area contributed by atoms with E-state index >= 15 is 0 Å². The van der Waals surface area contributed by atoms with E-state index in [1.807, 2.05) is 0 Å². The van der Waals surface area contributed by atoms with E-state index in [1.165, 1.54) is 27.9 Å². The van der Waals surface area contributed by atoms with Crippen molar-refractivity contribution in [2.45, 2.75) is 143 Å². The molecule has 4 aliphatic rings. The van der Waals surface area contributed by atoms with Crippen molar-refractivity contribution in [2.24, 2.45) is 0 Å². The number of nitrogens with one attached hydrogen (secondary N) is 2. The predicted octanol–water partition coefficient (Wildman–Crippen LogP) is -6.19. The number of carbonyl (C=O) groups is 1. The molecular weight excluding hydrogens is 712 g/mol. The molecule has 4 fully saturated rings. The van der Waals surface area contributed by atoms with Gasteiger partial charge in [-0.25, -0.2) is 0 Å². The van der Waals surface area contributed by atoms with Crippen LogP contribution in [0.1, 0.15) is 20.8 Å². The predicted molar refractivity (Wildman–Crippen MR) is 168 cm³/mol. The number of ether oxygens (including phenoxy) is 8. The van der Waals surface area contributed by atoms with Gasteiger partial charge >= 0.3 is 0 Å². The Kier molecular flexibility index (Phi) is 15.2. The molecule has 0 aromatic heterocycles. The monoisotopic (exact) mass is 762 g/mol. The van der Waals surface area contributed by atoms with E-state index in [0.29, 0.717) is 0 Å². The largest absolute Gasteiger partial charge is 0.484 e. The Balaban J connectivity index is 1.75. The van der Waals surface area contributed by atoms with Crippen molar-refractivity contribution in [1.82, 2.24) is 5.32 Å². The van der Waals surface area contributed by atoms with E-state index in [-0.39, 0.29) is 11.7 Å². The minimum Gasteiger partial charge on any atom is -0.484 e. The first-order valence-electron chi connectivity index (χ1n) is 16.3. The van der Waals surface area contributed by atoms with Gasteiger partial charge < -0.3 is 94.3 Å². The van der Waals surface area contributed by atoms with E-state index in [1.54, 1.807) is 0 Å². The van der Waals surface area contributed by atoms with Crippen LogP contribution in [-0.4, -0.2) is 211 Å². The number of thioether (sulfide) groups is 1. The van der Waals surface area contributed by atoms with Crippen LogP contribution >= 0.6 is 11.8 Å². The van der Waals surface area contributed by atoms with E-state index < -0.39 is 141 Å². The summed E-state index contributed by atoms with van der Waals surface area (Å²) in [5, 5.41) is 116. The first kappa shape index (κ1) is 42.4. The van der Waals surface area contributed by atoms with Crippen molar-refractivity contribution >= 4 is 23.6 Å². The van der Waals surface area contributed by atoms with Crippen molar-refractivity contribution in [1.29, 1.82) is 5.41 Å². The van der Waals surface area contributed by atoms with Crippen LogP contribution in [0.3, 0.4) is 0 Å². The van der Waals surface area contributed by atoms with Crippen LogP contribution in [-0.2, 0) is 42.7 Å². The van der Waals surface area contributed by atoms with Gasteiger partial charge in [0, 0.05) is 6.92 Å². The molecule has 12 N–H and O–H groups in total. The van der Waals surface area contributed by atoms with Crippen molar-refractivity contribution in [3.63, 3.8) is 0 Å². The Morgan fingerprint density at radius 2 is 1.18 bits per heavy atom. The number of aliphatic hydroxyl groups excluding tert-OH is 10.